The second kappa shape index (κ2) is 5.83. The molecular formula is C14H14ClFN2. The average Bonchev–Trinajstić information content (AvgIpc) is 2.39. The van der Waals surface area contributed by atoms with Crippen molar-refractivity contribution in [1.82, 2.24) is 4.98 Å². The first kappa shape index (κ1) is 12.8. The number of hydrogen-bond donors (Lipinski definition) is 0. The third-order valence-electron chi connectivity index (χ3n) is 2.71. The van der Waals surface area contributed by atoms with Crippen LogP contribution in [0, 0.1) is 5.82 Å². The normalized spacial score (nSPS) is 10.4. The van der Waals surface area contributed by atoms with Crippen LogP contribution in [0.4, 0.5) is 10.1 Å². The molecule has 1 aromatic heterocycles. The second-order valence-electron chi connectivity index (χ2n) is 4.16. The van der Waals surface area contributed by atoms with E-state index in [2.05, 4.69) is 4.98 Å². The number of pyridine rings is 1. The molecule has 0 amide bonds. The fourth-order valence-corrected chi connectivity index (χ4v) is 1.94. The fraction of sp³-hybridized carbons (Fsp3) is 0.214. The first-order valence-corrected chi connectivity index (χ1v) is 6.18. The van der Waals surface area contributed by atoms with Crippen molar-refractivity contribution in [1.29, 1.82) is 0 Å². The predicted octanol–water partition coefficient (Wildman–Crippen LogP) is 3.60. The molecular weight excluding hydrogens is 251 g/mol. The van der Waals surface area contributed by atoms with Gasteiger partial charge >= 0.3 is 0 Å². The standard InChI is InChI=1S/C14H14ClFN2/c1-18(10-11-2-4-17-5-3-11)14-7-12(9-15)6-13(16)8-14/h2-8H,9-10H2,1H3. The van der Waals surface area contributed by atoms with Crippen molar-refractivity contribution >= 4 is 17.3 Å². The zero-order chi connectivity index (χ0) is 13.0. The van der Waals surface area contributed by atoms with Gasteiger partial charge in [-0.2, -0.15) is 0 Å². The monoisotopic (exact) mass is 264 g/mol. The molecule has 2 aromatic rings. The van der Waals surface area contributed by atoms with Gasteiger partial charge in [-0.3, -0.25) is 4.98 Å². The van der Waals surface area contributed by atoms with Gasteiger partial charge in [0.05, 0.1) is 0 Å². The highest BCUT2D eigenvalue weighted by molar-refractivity contribution is 6.17. The molecule has 0 unspecified atom stereocenters. The summed E-state index contributed by atoms with van der Waals surface area (Å²) in [7, 11) is 1.92. The lowest BCUT2D eigenvalue weighted by atomic mass is 10.2. The molecule has 94 valence electrons. The van der Waals surface area contributed by atoms with Crippen LogP contribution in [0.15, 0.2) is 42.7 Å². The number of anilines is 1. The summed E-state index contributed by atoms with van der Waals surface area (Å²) in [4.78, 5) is 5.95. The van der Waals surface area contributed by atoms with Gasteiger partial charge in [-0.25, -0.2) is 4.39 Å². The summed E-state index contributed by atoms with van der Waals surface area (Å²) in [6, 6.07) is 8.75. The topological polar surface area (TPSA) is 16.1 Å². The summed E-state index contributed by atoms with van der Waals surface area (Å²) in [5, 5.41) is 0. The lowest BCUT2D eigenvalue weighted by Crippen LogP contribution is -2.16. The number of alkyl halides is 1. The minimum Gasteiger partial charge on any atom is -0.370 e. The number of benzene rings is 1. The molecule has 0 fully saturated rings. The van der Waals surface area contributed by atoms with Gasteiger partial charge in [-0.1, -0.05) is 0 Å². The Bertz CT molecular complexity index is 516. The van der Waals surface area contributed by atoms with Crippen LogP contribution in [0.1, 0.15) is 11.1 Å². The van der Waals surface area contributed by atoms with E-state index in [1.165, 1.54) is 12.1 Å². The average molecular weight is 265 g/mol. The Kier molecular flexibility index (Phi) is 4.15. The molecule has 0 atom stereocenters. The van der Waals surface area contributed by atoms with E-state index in [0.717, 1.165) is 16.8 Å². The van der Waals surface area contributed by atoms with Gasteiger partial charge in [0.1, 0.15) is 5.82 Å². The Morgan fingerprint density at radius 2 is 1.89 bits per heavy atom. The van der Waals surface area contributed by atoms with Crippen molar-refractivity contribution < 1.29 is 4.39 Å². The molecule has 0 aliphatic carbocycles. The maximum absolute atomic E-state index is 13.4. The van der Waals surface area contributed by atoms with Crippen molar-refractivity contribution in [2.24, 2.45) is 0 Å². The molecule has 0 aliphatic rings. The molecule has 0 spiro atoms. The van der Waals surface area contributed by atoms with Crippen LogP contribution in [0.2, 0.25) is 0 Å². The van der Waals surface area contributed by atoms with E-state index in [1.807, 2.05) is 30.1 Å². The Morgan fingerprint density at radius 3 is 2.56 bits per heavy atom. The van der Waals surface area contributed by atoms with E-state index < -0.39 is 0 Å². The fourth-order valence-electron chi connectivity index (χ4n) is 1.78. The predicted molar refractivity (Wildman–Crippen MR) is 72.3 cm³/mol. The first-order chi connectivity index (χ1) is 8.69. The van der Waals surface area contributed by atoms with E-state index in [0.29, 0.717) is 12.4 Å². The summed E-state index contributed by atoms with van der Waals surface area (Å²) in [5.74, 6) is 0.0538. The zero-order valence-corrected chi connectivity index (χ0v) is 10.9. The summed E-state index contributed by atoms with van der Waals surface area (Å²) in [6.45, 7) is 0.702. The molecule has 0 saturated heterocycles. The van der Waals surface area contributed by atoms with Crippen LogP contribution in [0.25, 0.3) is 0 Å². The minimum absolute atomic E-state index is 0.260. The smallest absolute Gasteiger partial charge is 0.125 e. The lowest BCUT2D eigenvalue weighted by molar-refractivity contribution is 0.625. The molecule has 1 aromatic carbocycles. The van der Waals surface area contributed by atoms with Crippen molar-refractivity contribution in [3.63, 3.8) is 0 Å². The van der Waals surface area contributed by atoms with E-state index in [9.17, 15) is 4.39 Å². The SMILES string of the molecule is CN(Cc1ccncc1)c1cc(F)cc(CCl)c1. The van der Waals surface area contributed by atoms with Gasteiger partial charge in [-0.05, 0) is 41.5 Å². The zero-order valence-electron chi connectivity index (χ0n) is 10.1. The number of aromatic nitrogens is 1. The maximum Gasteiger partial charge on any atom is 0.125 e. The van der Waals surface area contributed by atoms with Crippen LogP contribution in [0.3, 0.4) is 0 Å². The molecule has 1 heterocycles. The molecule has 2 rings (SSSR count). The molecule has 0 bridgehead atoms. The minimum atomic E-state index is -0.260. The maximum atomic E-state index is 13.4. The van der Waals surface area contributed by atoms with Gasteiger partial charge < -0.3 is 4.90 Å². The van der Waals surface area contributed by atoms with Gasteiger partial charge in [-0.15, -0.1) is 11.6 Å². The van der Waals surface area contributed by atoms with Crippen LogP contribution in [0.5, 0.6) is 0 Å². The van der Waals surface area contributed by atoms with Crippen molar-refractivity contribution in [3.8, 4) is 0 Å². The lowest BCUT2D eigenvalue weighted by Gasteiger charge is -2.20. The van der Waals surface area contributed by atoms with Crippen LogP contribution < -0.4 is 4.90 Å². The number of rotatable bonds is 4. The molecule has 18 heavy (non-hydrogen) atoms. The van der Waals surface area contributed by atoms with Crippen LogP contribution >= 0.6 is 11.6 Å². The number of halogens is 2. The van der Waals surface area contributed by atoms with Crippen LogP contribution in [-0.4, -0.2) is 12.0 Å². The highest BCUT2D eigenvalue weighted by atomic mass is 35.5. The van der Waals surface area contributed by atoms with E-state index in [1.54, 1.807) is 12.4 Å². The molecule has 0 N–H and O–H groups in total. The highest BCUT2D eigenvalue weighted by Gasteiger charge is 2.05. The summed E-state index contributed by atoms with van der Waals surface area (Å²) in [6.07, 6.45) is 3.50. The van der Waals surface area contributed by atoms with Gasteiger partial charge in [0.2, 0.25) is 0 Å². The Labute approximate surface area is 111 Å². The van der Waals surface area contributed by atoms with Crippen molar-refractivity contribution in [3.05, 3.63) is 59.7 Å². The third kappa shape index (κ3) is 3.20. The van der Waals surface area contributed by atoms with E-state index >= 15 is 0 Å². The number of hydrogen-bond acceptors (Lipinski definition) is 2. The third-order valence-corrected chi connectivity index (χ3v) is 3.02. The molecule has 0 saturated carbocycles. The van der Waals surface area contributed by atoms with E-state index in [4.69, 9.17) is 11.6 Å². The molecule has 4 heteroatoms. The largest absolute Gasteiger partial charge is 0.370 e. The summed E-state index contributed by atoms with van der Waals surface area (Å²) < 4.78 is 13.4. The van der Waals surface area contributed by atoms with Crippen molar-refractivity contribution in [2.75, 3.05) is 11.9 Å². The van der Waals surface area contributed by atoms with Crippen molar-refractivity contribution in [2.45, 2.75) is 12.4 Å². The molecule has 2 nitrogen and oxygen atoms in total. The number of nitrogens with zero attached hydrogens (tertiary/aromatic N) is 2. The summed E-state index contributed by atoms with van der Waals surface area (Å²) in [5.41, 5.74) is 2.74. The Hall–Kier alpha value is -1.61. The first-order valence-electron chi connectivity index (χ1n) is 5.64. The van der Waals surface area contributed by atoms with Gasteiger partial charge in [0.25, 0.3) is 0 Å². The second-order valence-corrected chi connectivity index (χ2v) is 4.43. The highest BCUT2D eigenvalue weighted by Crippen LogP contribution is 2.20. The molecule has 0 aliphatic heterocycles. The van der Waals surface area contributed by atoms with Gasteiger partial charge in [0, 0.05) is 37.6 Å². The van der Waals surface area contributed by atoms with E-state index in [-0.39, 0.29) is 5.82 Å². The summed E-state index contributed by atoms with van der Waals surface area (Å²) >= 11 is 5.74. The Morgan fingerprint density at radius 1 is 1.17 bits per heavy atom. The quantitative estimate of drug-likeness (QED) is 0.785. The Balaban J connectivity index is 2.18. The molecule has 0 radical (unpaired) electrons. The van der Waals surface area contributed by atoms with Gasteiger partial charge in [0.15, 0.2) is 0 Å². The van der Waals surface area contributed by atoms with Crippen LogP contribution in [-0.2, 0) is 12.4 Å².